The van der Waals surface area contributed by atoms with E-state index in [0.717, 1.165) is 6.26 Å². The topological polar surface area (TPSA) is 92.0 Å². The summed E-state index contributed by atoms with van der Waals surface area (Å²) in [6, 6.07) is 3.98. The van der Waals surface area contributed by atoms with Crippen molar-refractivity contribution in [2.24, 2.45) is 0 Å². The van der Waals surface area contributed by atoms with Crippen LogP contribution in [-0.4, -0.2) is 33.1 Å². The number of carbonyl (C=O) groups is 2. The summed E-state index contributed by atoms with van der Waals surface area (Å²) in [6.45, 7) is 1.77. The molecule has 7 heteroatoms. The van der Waals surface area contributed by atoms with Crippen molar-refractivity contribution in [1.29, 1.82) is 0 Å². The van der Waals surface area contributed by atoms with Gasteiger partial charge in [0.1, 0.15) is 29.1 Å². The van der Waals surface area contributed by atoms with Gasteiger partial charge in [0.2, 0.25) is 5.78 Å². The molecule has 26 heavy (non-hydrogen) atoms. The summed E-state index contributed by atoms with van der Waals surface area (Å²) < 4.78 is 20.3. The Morgan fingerprint density at radius 3 is 2.31 bits per heavy atom. The maximum atomic E-state index is 13.0. The lowest BCUT2D eigenvalue weighted by atomic mass is 9.97. The molecule has 7 nitrogen and oxygen atoms in total. The standard InChI is InChI=1S/C19H18O7/c1-5-6-11-8-15(20)14(10-26-11)18(21)17-13(19(22)25-4)7-12(23-2)9-16(17)24-3/h5-10H,1-4H3. The van der Waals surface area contributed by atoms with Gasteiger partial charge < -0.3 is 18.6 Å². The van der Waals surface area contributed by atoms with Crippen molar-refractivity contribution in [3.8, 4) is 11.5 Å². The SMILES string of the molecule is CC=Cc1cc(=O)c(C(=O)c2c(OC)cc(OC)cc2C(=O)OC)co1. The summed E-state index contributed by atoms with van der Waals surface area (Å²) in [5.41, 5.74) is -0.952. The number of carbonyl (C=O) groups excluding carboxylic acids is 2. The number of benzene rings is 1. The third-order valence-corrected chi connectivity index (χ3v) is 3.59. The van der Waals surface area contributed by atoms with Crippen LogP contribution in [0.25, 0.3) is 6.08 Å². The number of hydrogen-bond donors (Lipinski definition) is 0. The molecule has 1 heterocycles. The van der Waals surface area contributed by atoms with Crippen LogP contribution in [-0.2, 0) is 4.74 Å². The van der Waals surface area contributed by atoms with E-state index < -0.39 is 17.2 Å². The molecular weight excluding hydrogens is 340 g/mol. The maximum absolute atomic E-state index is 13.0. The molecule has 0 spiro atoms. The molecule has 0 bridgehead atoms. The molecule has 0 aliphatic carbocycles. The van der Waals surface area contributed by atoms with E-state index in [1.165, 1.54) is 39.5 Å². The van der Waals surface area contributed by atoms with Crippen molar-refractivity contribution in [2.75, 3.05) is 21.3 Å². The summed E-state index contributed by atoms with van der Waals surface area (Å²) >= 11 is 0. The van der Waals surface area contributed by atoms with Crippen LogP contribution in [0.15, 0.2) is 39.7 Å². The van der Waals surface area contributed by atoms with Crippen molar-refractivity contribution in [3.63, 3.8) is 0 Å². The zero-order valence-electron chi connectivity index (χ0n) is 14.8. The average molecular weight is 358 g/mol. The molecule has 0 saturated heterocycles. The van der Waals surface area contributed by atoms with Crippen molar-refractivity contribution in [2.45, 2.75) is 6.92 Å². The highest BCUT2D eigenvalue weighted by molar-refractivity contribution is 6.16. The van der Waals surface area contributed by atoms with Crippen molar-refractivity contribution in [3.05, 3.63) is 63.2 Å². The van der Waals surface area contributed by atoms with Crippen LogP contribution < -0.4 is 14.9 Å². The molecule has 2 aromatic rings. The second-order valence-electron chi connectivity index (χ2n) is 5.13. The molecule has 0 unspecified atom stereocenters. The van der Waals surface area contributed by atoms with Crippen LogP contribution in [0.5, 0.6) is 11.5 Å². The molecule has 0 amide bonds. The predicted molar refractivity (Wildman–Crippen MR) is 94.0 cm³/mol. The van der Waals surface area contributed by atoms with Gasteiger partial charge in [0.25, 0.3) is 0 Å². The van der Waals surface area contributed by atoms with Gasteiger partial charge in [0, 0.05) is 12.1 Å². The number of methoxy groups -OCH3 is 3. The number of allylic oxidation sites excluding steroid dienone is 1. The molecule has 1 aromatic heterocycles. The molecule has 2 rings (SSSR count). The Kier molecular flexibility index (Phi) is 5.95. The van der Waals surface area contributed by atoms with Crippen LogP contribution in [0.3, 0.4) is 0 Å². The van der Waals surface area contributed by atoms with Gasteiger partial charge >= 0.3 is 5.97 Å². The smallest absolute Gasteiger partial charge is 0.338 e. The van der Waals surface area contributed by atoms with E-state index in [1.54, 1.807) is 19.1 Å². The van der Waals surface area contributed by atoms with E-state index in [4.69, 9.17) is 18.6 Å². The quantitative estimate of drug-likeness (QED) is 0.579. The summed E-state index contributed by atoms with van der Waals surface area (Å²) in [5, 5.41) is 0. The third-order valence-electron chi connectivity index (χ3n) is 3.59. The predicted octanol–water partition coefficient (Wildman–Crippen LogP) is 2.71. The van der Waals surface area contributed by atoms with Crippen LogP contribution in [0, 0.1) is 0 Å². The first-order valence-electron chi connectivity index (χ1n) is 7.61. The fourth-order valence-corrected chi connectivity index (χ4v) is 2.35. The highest BCUT2D eigenvalue weighted by Gasteiger charge is 2.27. The first-order chi connectivity index (χ1) is 12.5. The van der Waals surface area contributed by atoms with Gasteiger partial charge in [-0.2, -0.15) is 0 Å². The molecule has 1 aromatic carbocycles. The van der Waals surface area contributed by atoms with Gasteiger partial charge in [-0.3, -0.25) is 9.59 Å². The molecule has 0 fully saturated rings. The summed E-state index contributed by atoms with van der Waals surface area (Å²) in [5.74, 6) is -0.795. The summed E-state index contributed by atoms with van der Waals surface area (Å²) in [4.78, 5) is 37.4. The molecule has 0 saturated carbocycles. The monoisotopic (exact) mass is 358 g/mol. The van der Waals surface area contributed by atoms with Gasteiger partial charge in [-0.05, 0) is 19.1 Å². The Labute approximate surface area is 149 Å². The minimum absolute atomic E-state index is 0.0756. The zero-order chi connectivity index (χ0) is 19.3. The fourth-order valence-electron chi connectivity index (χ4n) is 2.35. The first-order valence-corrected chi connectivity index (χ1v) is 7.61. The number of ether oxygens (including phenoxy) is 3. The number of esters is 1. The van der Waals surface area contributed by atoms with Crippen LogP contribution >= 0.6 is 0 Å². The molecule has 0 atom stereocenters. The van der Waals surface area contributed by atoms with E-state index in [1.807, 2.05) is 0 Å². The lowest BCUT2D eigenvalue weighted by Crippen LogP contribution is -2.19. The second kappa shape index (κ2) is 8.15. The Balaban J connectivity index is 2.68. The summed E-state index contributed by atoms with van der Waals surface area (Å²) in [7, 11) is 3.93. The first kappa shape index (κ1) is 19.0. The van der Waals surface area contributed by atoms with E-state index in [2.05, 4.69) is 0 Å². The highest BCUT2D eigenvalue weighted by atomic mass is 16.5. The highest BCUT2D eigenvalue weighted by Crippen LogP contribution is 2.31. The lowest BCUT2D eigenvalue weighted by Gasteiger charge is -2.13. The molecule has 0 aliphatic heterocycles. The minimum Gasteiger partial charge on any atom is -0.497 e. The molecule has 0 radical (unpaired) electrons. The maximum Gasteiger partial charge on any atom is 0.338 e. The minimum atomic E-state index is -0.763. The largest absolute Gasteiger partial charge is 0.497 e. The molecule has 0 N–H and O–H groups in total. The van der Waals surface area contributed by atoms with E-state index >= 15 is 0 Å². The molecule has 0 aliphatic rings. The van der Waals surface area contributed by atoms with Gasteiger partial charge in [-0.25, -0.2) is 4.79 Å². The molecular formula is C19H18O7. The second-order valence-corrected chi connectivity index (χ2v) is 5.13. The van der Waals surface area contributed by atoms with Crippen LogP contribution in [0.4, 0.5) is 0 Å². The van der Waals surface area contributed by atoms with Gasteiger partial charge in [-0.1, -0.05) is 6.08 Å². The van der Waals surface area contributed by atoms with Crippen molar-refractivity contribution < 1.29 is 28.2 Å². The number of hydrogen-bond acceptors (Lipinski definition) is 7. The Morgan fingerprint density at radius 1 is 1.04 bits per heavy atom. The third kappa shape index (κ3) is 3.66. The van der Waals surface area contributed by atoms with Crippen molar-refractivity contribution in [1.82, 2.24) is 0 Å². The Morgan fingerprint density at radius 2 is 1.77 bits per heavy atom. The normalized spacial score (nSPS) is 10.6. The fraction of sp³-hybridized carbons (Fsp3) is 0.211. The zero-order valence-corrected chi connectivity index (χ0v) is 14.8. The van der Waals surface area contributed by atoms with E-state index in [-0.39, 0.29) is 22.4 Å². The van der Waals surface area contributed by atoms with Gasteiger partial charge in [-0.15, -0.1) is 0 Å². The number of ketones is 1. The summed E-state index contributed by atoms with van der Waals surface area (Å²) in [6.07, 6.45) is 4.34. The molecule has 136 valence electrons. The van der Waals surface area contributed by atoms with Crippen LogP contribution in [0.2, 0.25) is 0 Å². The van der Waals surface area contributed by atoms with Gasteiger partial charge in [0.15, 0.2) is 5.43 Å². The van der Waals surface area contributed by atoms with Crippen LogP contribution in [0.1, 0.15) is 39.0 Å². The number of rotatable bonds is 6. The Hall–Kier alpha value is -3.35. The Bertz CT molecular complexity index is 922. The van der Waals surface area contributed by atoms with Crippen molar-refractivity contribution >= 4 is 17.8 Å². The van der Waals surface area contributed by atoms with E-state index in [0.29, 0.717) is 11.5 Å². The lowest BCUT2D eigenvalue weighted by molar-refractivity contribution is 0.0596. The average Bonchev–Trinajstić information content (AvgIpc) is 2.66. The van der Waals surface area contributed by atoms with E-state index in [9.17, 15) is 14.4 Å². The van der Waals surface area contributed by atoms with Gasteiger partial charge in [0.05, 0.1) is 32.5 Å².